The van der Waals surface area contributed by atoms with Crippen molar-refractivity contribution in [2.45, 2.75) is 30.4 Å². The molecule has 1 aliphatic rings. The van der Waals surface area contributed by atoms with Crippen molar-refractivity contribution in [1.29, 1.82) is 0 Å². The molecular formula is C13H18FNOS. The Hall–Kier alpha value is -0.580. The number of ether oxygens (including phenoxy) is 1. The molecule has 1 aromatic rings. The van der Waals surface area contributed by atoms with Crippen LogP contribution in [0.25, 0.3) is 0 Å². The molecule has 1 aliphatic heterocycles. The van der Waals surface area contributed by atoms with Crippen LogP contribution in [-0.4, -0.2) is 18.5 Å². The molecule has 0 aliphatic carbocycles. The summed E-state index contributed by atoms with van der Waals surface area (Å²) in [5, 5.41) is 0.637. The van der Waals surface area contributed by atoms with Crippen LogP contribution in [0.1, 0.15) is 24.0 Å². The smallest absolute Gasteiger partial charge is 0.123 e. The van der Waals surface area contributed by atoms with Gasteiger partial charge in [-0.1, -0.05) is 6.07 Å². The second kappa shape index (κ2) is 6.38. The highest BCUT2D eigenvalue weighted by molar-refractivity contribution is 7.99. The fraction of sp³-hybridized carbons (Fsp3) is 0.538. The van der Waals surface area contributed by atoms with Crippen LogP contribution in [-0.2, 0) is 17.0 Å². The molecule has 17 heavy (non-hydrogen) atoms. The van der Waals surface area contributed by atoms with E-state index in [1.165, 1.54) is 6.07 Å². The normalized spacial score (nSPS) is 17.3. The molecule has 0 saturated carbocycles. The molecule has 0 aromatic heterocycles. The quantitative estimate of drug-likeness (QED) is 0.898. The number of rotatable bonds is 4. The molecule has 1 saturated heterocycles. The maximum Gasteiger partial charge on any atom is 0.123 e. The van der Waals surface area contributed by atoms with Crippen LogP contribution in [0.3, 0.4) is 0 Å². The van der Waals surface area contributed by atoms with E-state index in [0.29, 0.717) is 11.8 Å². The zero-order valence-electron chi connectivity index (χ0n) is 9.82. The Morgan fingerprint density at radius 3 is 2.76 bits per heavy atom. The predicted molar refractivity (Wildman–Crippen MR) is 69.4 cm³/mol. The van der Waals surface area contributed by atoms with Gasteiger partial charge in [-0.2, -0.15) is 11.8 Å². The molecule has 1 aromatic carbocycles. The van der Waals surface area contributed by atoms with Crippen molar-refractivity contribution >= 4 is 11.8 Å². The van der Waals surface area contributed by atoms with E-state index in [4.69, 9.17) is 10.5 Å². The average Bonchev–Trinajstić information content (AvgIpc) is 2.38. The lowest BCUT2D eigenvalue weighted by Crippen LogP contribution is -2.17. The van der Waals surface area contributed by atoms with E-state index in [9.17, 15) is 4.39 Å². The number of halogens is 1. The molecule has 1 fully saturated rings. The van der Waals surface area contributed by atoms with E-state index < -0.39 is 0 Å². The van der Waals surface area contributed by atoms with Gasteiger partial charge in [-0.15, -0.1) is 0 Å². The molecule has 2 rings (SSSR count). The molecular weight excluding hydrogens is 237 g/mol. The highest BCUT2D eigenvalue weighted by Crippen LogP contribution is 2.27. The van der Waals surface area contributed by atoms with Crippen molar-refractivity contribution in [3.63, 3.8) is 0 Å². The molecule has 0 radical (unpaired) electrons. The molecule has 0 amide bonds. The summed E-state index contributed by atoms with van der Waals surface area (Å²) in [5.74, 6) is 0.666. The molecule has 0 atom stereocenters. The van der Waals surface area contributed by atoms with Crippen molar-refractivity contribution in [2.24, 2.45) is 5.73 Å². The lowest BCUT2D eigenvalue weighted by atomic mass is 10.1. The number of thioether (sulfide) groups is 1. The Morgan fingerprint density at radius 1 is 1.29 bits per heavy atom. The maximum absolute atomic E-state index is 13.2. The van der Waals surface area contributed by atoms with Crippen LogP contribution in [0, 0.1) is 5.82 Å². The first kappa shape index (κ1) is 12.9. The molecule has 0 bridgehead atoms. The third kappa shape index (κ3) is 3.69. The van der Waals surface area contributed by atoms with Crippen molar-refractivity contribution in [2.75, 3.05) is 13.2 Å². The van der Waals surface area contributed by atoms with Gasteiger partial charge in [-0.25, -0.2) is 4.39 Å². The molecule has 1 heterocycles. The van der Waals surface area contributed by atoms with Crippen molar-refractivity contribution in [1.82, 2.24) is 0 Å². The Labute approximate surface area is 106 Å². The number of benzene rings is 1. The zero-order valence-corrected chi connectivity index (χ0v) is 10.6. The molecule has 2 N–H and O–H groups in total. The van der Waals surface area contributed by atoms with Crippen LogP contribution < -0.4 is 5.73 Å². The first-order valence-corrected chi connectivity index (χ1v) is 7.01. The van der Waals surface area contributed by atoms with Gasteiger partial charge in [-0.05, 0) is 36.1 Å². The Kier molecular flexibility index (Phi) is 4.83. The minimum absolute atomic E-state index is 0.176. The van der Waals surface area contributed by atoms with Crippen molar-refractivity contribution in [3.05, 3.63) is 35.1 Å². The predicted octanol–water partition coefficient (Wildman–Crippen LogP) is 2.70. The fourth-order valence-corrected chi connectivity index (χ4v) is 3.19. The summed E-state index contributed by atoms with van der Waals surface area (Å²) < 4.78 is 18.5. The summed E-state index contributed by atoms with van der Waals surface area (Å²) in [7, 11) is 0. The van der Waals surface area contributed by atoms with Gasteiger partial charge in [0.15, 0.2) is 0 Å². The monoisotopic (exact) mass is 255 g/mol. The van der Waals surface area contributed by atoms with Gasteiger partial charge < -0.3 is 10.5 Å². The highest BCUT2D eigenvalue weighted by atomic mass is 32.2. The summed E-state index contributed by atoms with van der Waals surface area (Å²) in [6.07, 6.45) is 2.19. The number of hydrogen-bond donors (Lipinski definition) is 1. The second-order valence-corrected chi connectivity index (χ2v) is 5.53. The Balaban J connectivity index is 1.95. The molecule has 0 spiro atoms. The van der Waals surface area contributed by atoms with Gasteiger partial charge in [-0.3, -0.25) is 0 Å². The largest absolute Gasteiger partial charge is 0.381 e. The van der Waals surface area contributed by atoms with Gasteiger partial charge in [0.25, 0.3) is 0 Å². The van der Waals surface area contributed by atoms with Crippen LogP contribution in [0.4, 0.5) is 4.39 Å². The van der Waals surface area contributed by atoms with Crippen LogP contribution in [0.5, 0.6) is 0 Å². The van der Waals surface area contributed by atoms with Crippen molar-refractivity contribution in [3.8, 4) is 0 Å². The second-order valence-electron chi connectivity index (χ2n) is 4.24. The summed E-state index contributed by atoms with van der Waals surface area (Å²) in [5.41, 5.74) is 7.74. The van der Waals surface area contributed by atoms with Crippen LogP contribution in [0.2, 0.25) is 0 Å². The van der Waals surface area contributed by atoms with E-state index in [1.807, 2.05) is 11.8 Å². The first-order chi connectivity index (χ1) is 8.29. The van der Waals surface area contributed by atoms with E-state index >= 15 is 0 Å². The Morgan fingerprint density at radius 2 is 2.06 bits per heavy atom. The summed E-state index contributed by atoms with van der Waals surface area (Å²) in [4.78, 5) is 0. The molecule has 2 nitrogen and oxygen atoms in total. The maximum atomic E-state index is 13.2. The van der Waals surface area contributed by atoms with Gasteiger partial charge in [0.05, 0.1) is 0 Å². The standard InChI is InChI=1S/C13H18FNOS/c14-12-2-1-10(8-15)11(7-12)9-17-13-3-5-16-6-4-13/h1-2,7,13H,3-6,8-9,15H2. The van der Waals surface area contributed by atoms with E-state index in [0.717, 1.165) is 42.9 Å². The lowest BCUT2D eigenvalue weighted by molar-refractivity contribution is 0.1000. The van der Waals surface area contributed by atoms with Crippen LogP contribution >= 0.6 is 11.8 Å². The SMILES string of the molecule is NCc1ccc(F)cc1CSC1CCOCC1. The van der Waals surface area contributed by atoms with E-state index in [-0.39, 0.29) is 5.82 Å². The van der Waals surface area contributed by atoms with Gasteiger partial charge >= 0.3 is 0 Å². The summed E-state index contributed by atoms with van der Waals surface area (Å²) in [6, 6.07) is 4.87. The van der Waals surface area contributed by atoms with E-state index in [1.54, 1.807) is 12.1 Å². The third-order valence-electron chi connectivity index (χ3n) is 3.03. The molecule has 0 unspecified atom stereocenters. The molecule has 4 heteroatoms. The van der Waals surface area contributed by atoms with Gasteiger partial charge in [0.1, 0.15) is 5.82 Å². The van der Waals surface area contributed by atoms with E-state index in [2.05, 4.69) is 0 Å². The minimum Gasteiger partial charge on any atom is -0.381 e. The summed E-state index contributed by atoms with van der Waals surface area (Å²) >= 11 is 1.89. The van der Waals surface area contributed by atoms with Crippen LogP contribution in [0.15, 0.2) is 18.2 Å². The van der Waals surface area contributed by atoms with Gasteiger partial charge in [0.2, 0.25) is 0 Å². The minimum atomic E-state index is -0.176. The number of nitrogens with two attached hydrogens (primary N) is 1. The zero-order chi connectivity index (χ0) is 12.1. The summed E-state index contributed by atoms with van der Waals surface area (Å²) in [6.45, 7) is 2.18. The topological polar surface area (TPSA) is 35.2 Å². The Bertz CT molecular complexity index is 366. The fourth-order valence-electron chi connectivity index (χ4n) is 1.98. The lowest BCUT2D eigenvalue weighted by Gasteiger charge is -2.21. The number of hydrogen-bond acceptors (Lipinski definition) is 3. The highest BCUT2D eigenvalue weighted by Gasteiger charge is 2.14. The van der Waals surface area contributed by atoms with Crippen molar-refractivity contribution < 1.29 is 9.13 Å². The third-order valence-corrected chi connectivity index (χ3v) is 4.45. The first-order valence-electron chi connectivity index (χ1n) is 5.96. The van der Waals surface area contributed by atoms with Gasteiger partial charge in [0, 0.05) is 30.8 Å². The molecule has 94 valence electrons. The average molecular weight is 255 g/mol.